The molecular weight excluding hydrogens is 515 g/mol. The van der Waals surface area contributed by atoms with Crippen molar-refractivity contribution >= 4 is 41.2 Å². The Kier molecular flexibility index (Phi) is 5.83. The Morgan fingerprint density at radius 2 is 1.89 bits per heavy atom. The number of halogens is 4. The quantitative estimate of drug-likeness (QED) is 0.357. The lowest BCUT2D eigenvalue weighted by Gasteiger charge is -2.33. The van der Waals surface area contributed by atoms with Crippen LogP contribution in [0, 0.1) is 3.57 Å². The maximum Gasteiger partial charge on any atom is 0.417 e. The highest BCUT2D eigenvalue weighted by Gasteiger charge is 2.43. The first-order valence-electron chi connectivity index (χ1n) is 8.51. The van der Waals surface area contributed by atoms with E-state index in [-0.39, 0.29) is 46.2 Å². The van der Waals surface area contributed by atoms with Gasteiger partial charge in [-0.3, -0.25) is 18.7 Å². The molecule has 0 aliphatic carbocycles. The third-order valence-electron chi connectivity index (χ3n) is 4.47. The van der Waals surface area contributed by atoms with E-state index in [9.17, 15) is 27.3 Å². The summed E-state index contributed by atoms with van der Waals surface area (Å²) >= 11 is 1.59. The fraction of sp³-hybridized carbons (Fsp3) is 0.500. The van der Waals surface area contributed by atoms with Gasteiger partial charge in [0.2, 0.25) is 0 Å². The van der Waals surface area contributed by atoms with Crippen LogP contribution < -0.4 is 11.1 Å². The third-order valence-corrected chi connectivity index (χ3v) is 8.16. The summed E-state index contributed by atoms with van der Waals surface area (Å²) in [6.07, 6.45) is -4.46. The maximum atomic E-state index is 13.4. The molecule has 0 saturated carbocycles. The summed E-state index contributed by atoms with van der Waals surface area (Å²) in [7, 11) is -3.83. The van der Waals surface area contributed by atoms with E-state index in [1.165, 1.54) is 0 Å². The number of aromatic amines is 1. The summed E-state index contributed by atoms with van der Waals surface area (Å²) in [5.41, 5.74) is -2.75. The Bertz CT molecular complexity index is 1080. The molecule has 0 bridgehead atoms. The lowest BCUT2D eigenvalue weighted by molar-refractivity contribution is -0.138. The highest BCUT2D eigenvalue weighted by Crippen LogP contribution is 2.61. The van der Waals surface area contributed by atoms with E-state index in [2.05, 4.69) is 4.98 Å². The summed E-state index contributed by atoms with van der Waals surface area (Å²) in [5, 5.41) is 0. The summed E-state index contributed by atoms with van der Waals surface area (Å²) < 4.78 is 65.1. The van der Waals surface area contributed by atoms with E-state index < -0.39 is 36.2 Å². The zero-order chi connectivity index (χ0) is 20.9. The number of nitrogens with one attached hydrogen (secondary N) is 1. The van der Waals surface area contributed by atoms with Gasteiger partial charge in [-0.2, -0.15) is 13.2 Å². The van der Waals surface area contributed by atoms with Crippen LogP contribution in [0.1, 0.15) is 37.2 Å². The number of H-pyrrole nitrogens is 1. The predicted molar refractivity (Wildman–Crippen MR) is 105 cm³/mol. The average molecular weight is 532 g/mol. The zero-order valence-corrected chi connectivity index (χ0v) is 18.0. The standard InChI is InChI=1S/C16H17F3IN2O5P/c1-3-26-28(25,27-4-2)11-6-5-8-12(20)9(16(17,18)19)7-10-13(8)22(11)15(24)14(23)21-10/h7,11H,3-6H2,1-2H3,(H,21,23). The molecule has 0 radical (unpaired) electrons. The molecule has 2 heterocycles. The molecule has 2 aromatic rings. The fourth-order valence-electron chi connectivity index (χ4n) is 3.45. The Labute approximate surface area is 170 Å². The second-order valence-corrected chi connectivity index (χ2v) is 9.41. The van der Waals surface area contributed by atoms with Crippen molar-refractivity contribution < 1.29 is 26.8 Å². The Balaban J connectivity index is 2.41. The fourth-order valence-corrected chi connectivity index (χ4v) is 6.53. The van der Waals surface area contributed by atoms with Gasteiger partial charge in [-0.25, -0.2) is 0 Å². The highest BCUT2D eigenvalue weighted by molar-refractivity contribution is 14.1. The molecule has 12 heteroatoms. The normalized spacial score (nSPS) is 17.3. The number of hydrogen-bond acceptors (Lipinski definition) is 5. The molecule has 1 aliphatic heterocycles. The van der Waals surface area contributed by atoms with Crippen molar-refractivity contribution in [1.82, 2.24) is 9.55 Å². The van der Waals surface area contributed by atoms with E-state index in [1.54, 1.807) is 36.4 Å². The predicted octanol–water partition coefficient (Wildman–Crippen LogP) is 4.02. The highest BCUT2D eigenvalue weighted by atomic mass is 127. The van der Waals surface area contributed by atoms with Gasteiger partial charge in [0.15, 0.2) is 0 Å². The van der Waals surface area contributed by atoms with Gasteiger partial charge in [0, 0.05) is 3.57 Å². The van der Waals surface area contributed by atoms with Gasteiger partial charge in [0.1, 0.15) is 5.78 Å². The van der Waals surface area contributed by atoms with E-state index in [1.807, 2.05) is 0 Å². The van der Waals surface area contributed by atoms with Crippen LogP contribution in [0.2, 0.25) is 0 Å². The molecule has 1 aromatic carbocycles. The molecule has 1 aromatic heterocycles. The molecule has 0 spiro atoms. The van der Waals surface area contributed by atoms with Gasteiger partial charge in [-0.15, -0.1) is 0 Å². The molecule has 3 rings (SSSR count). The van der Waals surface area contributed by atoms with Gasteiger partial charge in [-0.1, -0.05) is 0 Å². The number of rotatable bonds is 5. The molecular formula is C16H17F3IN2O5P. The van der Waals surface area contributed by atoms with Crippen molar-refractivity contribution in [2.75, 3.05) is 13.2 Å². The minimum Gasteiger partial charge on any atom is -0.316 e. The molecule has 154 valence electrons. The molecule has 0 amide bonds. The molecule has 1 aliphatic rings. The first kappa shape index (κ1) is 21.5. The van der Waals surface area contributed by atoms with E-state index >= 15 is 0 Å². The second kappa shape index (κ2) is 7.58. The van der Waals surface area contributed by atoms with Gasteiger partial charge in [0.05, 0.1) is 29.8 Å². The minimum absolute atomic E-state index is 0.0417. The molecule has 0 fully saturated rings. The van der Waals surface area contributed by atoms with Crippen molar-refractivity contribution in [2.24, 2.45) is 0 Å². The van der Waals surface area contributed by atoms with Crippen molar-refractivity contribution in [3.8, 4) is 0 Å². The maximum absolute atomic E-state index is 13.4. The van der Waals surface area contributed by atoms with Gasteiger partial charge in [0.25, 0.3) is 0 Å². The topological polar surface area (TPSA) is 90.4 Å². The Morgan fingerprint density at radius 1 is 1.29 bits per heavy atom. The zero-order valence-electron chi connectivity index (χ0n) is 14.9. The van der Waals surface area contributed by atoms with Crippen LogP contribution >= 0.6 is 30.2 Å². The molecule has 1 unspecified atom stereocenters. The third kappa shape index (κ3) is 3.46. The number of aryl methyl sites for hydroxylation is 1. The minimum atomic E-state index is -4.62. The number of benzene rings is 1. The number of hydrogen-bond donors (Lipinski definition) is 1. The van der Waals surface area contributed by atoms with E-state index in [4.69, 9.17) is 9.05 Å². The largest absolute Gasteiger partial charge is 0.417 e. The molecule has 7 nitrogen and oxygen atoms in total. The van der Waals surface area contributed by atoms with Crippen LogP contribution in [0.15, 0.2) is 15.7 Å². The van der Waals surface area contributed by atoms with Crippen LogP contribution in [-0.2, 0) is 26.2 Å². The van der Waals surface area contributed by atoms with E-state index in [0.29, 0.717) is 0 Å². The SMILES string of the molecule is CCOP(=O)(OCC)C1CCc2c(I)c(C(F)(F)F)cc3[nH]c(=O)c(=O)n1c23. The van der Waals surface area contributed by atoms with Crippen molar-refractivity contribution in [3.05, 3.63) is 41.5 Å². The van der Waals surface area contributed by atoms with Crippen LogP contribution in [0.5, 0.6) is 0 Å². The number of nitrogens with zero attached hydrogens (tertiary/aromatic N) is 1. The summed E-state index contributed by atoms with van der Waals surface area (Å²) in [6.45, 7) is 3.31. The second-order valence-electron chi connectivity index (χ2n) is 6.13. The molecule has 1 atom stereocenters. The lowest BCUT2D eigenvalue weighted by atomic mass is 10.00. The summed E-state index contributed by atoms with van der Waals surface area (Å²) in [5.74, 6) is -1.09. The van der Waals surface area contributed by atoms with Crippen LogP contribution in [0.25, 0.3) is 11.0 Å². The number of alkyl halides is 3. The first-order chi connectivity index (χ1) is 13.0. The first-order valence-corrected chi connectivity index (χ1v) is 11.2. The monoisotopic (exact) mass is 532 g/mol. The lowest BCUT2D eigenvalue weighted by Crippen LogP contribution is -2.41. The van der Waals surface area contributed by atoms with Crippen molar-refractivity contribution in [1.29, 1.82) is 0 Å². The van der Waals surface area contributed by atoms with Crippen LogP contribution in [-0.4, -0.2) is 22.8 Å². The Morgan fingerprint density at radius 3 is 2.43 bits per heavy atom. The molecule has 28 heavy (non-hydrogen) atoms. The average Bonchev–Trinajstić information content (AvgIpc) is 2.60. The molecule has 0 saturated heterocycles. The van der Waals surface area contributed by atoms with Crippen LogP contribution in [0.4, 0.5) is 13.2 Å². The van der Waals surface area contributed by atoms with Crippen molar-refractivity contribution in [3.63, 3.8) is 0 Å². The van der Waals surface area contributed by atoms with Gasteiger partial charge >= 0.3 is 24.9 Å². The summed E-state index contributed by atoms with van der Waals surface area (Å²) in [4.78, 5) is 27.0. The Hall–Kier alpha value is -1.17. The smallest absolute Gasteiger partial charge is 0.316 e. The van der Waals surface area contributed by atoms with Crippen molar-refractivity contribution in [2.45, 2.75) is 38.6 Å². The van der Waals surface area contributed by atoms with Gasteiger partial charge in [-0.05, 0) is 60.9 Å². The molecule has 1 N–H and O–H groups in total. The summed E-state index contributed by atoms with van der Waals surface area (Å²) in [6, 6.07) is 0.798. The van der Waals surface area contributed by atoms with Crippen LogP contribution in [0.3, 0.4) is 0 Å². The van der Waals surface area contributed by atoms with E-state index in [0.717, 1.165) is 10.6 Å². The van der Waals surface area contributed by atoms with Gasteiger partial charge < -0.3 is 14.0 Å². The number of aromatic nitrogens is 2.